The van der Waals surface area contributed by atoms with Crippen LogP contribution >= 0.6 is 22.9 Å². The fourth-order valence-electron chi connectivity index (χ4n) is 2.94. The van der Waals surface area contributed by atoms with E-state index in [0.29, 0.717) is 28.1 Å². The van der Waals surface area contributed by atoms with Crippen molar-refractivity contribution in [2.75, 3.05) is 5.32 Å². The van der Waals surface area contributed by atoms with Crippen molar-refractivity contribution in [3.63, 3.8) is 0 Å². The molecular formula is C20H17ClF2N6O2S. The number of alkyl halides is 2. The van der Waals surface area contributed by atoms with Gasteiger partial charge in [0.25, 0.3) is 5.91 Å². The number of ether oxygens (including phenoxy) is 1. The molecule has 0 aliphatic heterocycles. The summed E-state index contributed by atoms with van der Waals surface area (Å²) in [5.74, 6) is -0.345. The summed E-state index contributed by atoms with van der Waals surface area (Å²) in [5, 5.41) is 14.1. The molecule has 0 radical (unpaired) electrons. The van der Waals surface area contributed by atoms with Gasteiger partial charge < -0.3 is 4.74 Å². The molecule has 0 unspecified atom stereocenters. The summed E-state index contributed by atoms with van der Waals surface area (Å²) < 4.78 is 32.2. The first-order valence-corrected chi connectivity index (χ1v) is 10.6. The van der Waals surface area contributed by atoms with E-state index in [9.17, 15) is 13.6 Å². The Morgan fingerprint density at radius 2 is 1.97 bits per heavy atom. The third-order valence-electron chi connectivity index (χ3n) is 4.55. The van der Waals surface area contributed by atoms with Crippen LogP contribution in [0.3, 0.4) is 0 Å². The number of nitrogens with zero attached hydrogens (tertiary/aromatic N) is 5. The van der Waals surface area contributed by atoms with Crippen LogP contribution in [0.1, 0.15) is 21.9 Å². The van der Waals surface area contributed by atoms with Crippen molar-refractivity contribution in [3.05, 3.63) is 64.0 Å². The van der Waals surface area contributed by atoms with Crippen LogP contribution < -0.4 is 10.1 Å². The van der Waals surface area contributed by atoms with Gasteiger partial charge in [0.2, 0.25) is 0 Å². The fraction of sp³-hybridized carbons (Fsp3) is 0.200. The second kappa shape index (κ2) is 9.05. The van der Waals surface area contributed by atoms with Crippen LogP contribution in [-0.2, 0) is 6.67 Å². The minimum atomic E-state index is -2.88. The average molecular weight is 479 g/mol. The first kappa shape index (κ1) is 21.9. The highest BCUT2D eigenvalue weighted by Gasteiger charge is 2.15. The van der Waals surface area contributed by atoms with E-state index in [1.165, 1.54) is 23.5 Å². The van der Waals surface area contributed by atoms with Gasteiger partial charge in [-0.25, -0.2) is 9.67 Å². The first-order chi connectivity index (χ1) is 15.3. The van der Waals surface area contributed by atoms with Gasteiger partial charge in [-0.3, -0.25) is 14.8 Å². The molecule has 4 rings (SSSR count). The molecule has 0 saturated carbocycles. The molecule has 0 bridgehead atoms. The maximum absolute atomic E-state index is 12.5. The van der Waals surface area contributed by atoms with Crippen LogP contribution in [0.15, 0.2) is 41.9 Å². The van der Waals surface area contributed by atoms with Gasteiger partial charge >= 0.3 is 6.61 Å². The zero-order chi connectivity index (χ0) is 22.8. The minimum absolute atomic E-state index is 0.0610. The molecule has 0 fully saturated rings. The number of aryl methyl sites for hydroxylation is 1. The third-order valence-corrected chi connectivity index (χ3v) is 5.85. The van der Waals surface area contributed by atoms with E-state index >= 15 is 0 Å². The van der Waals surface area contributed by atoms with E-state index < -0.39 is 12.5 Å². The summed E-state index contributed by atoms with van der Waals surface area (Å²) in [6, 6.07) is 7.69. The SMILES string of the molecule is Cc1nn(Cn2ccc(C(=O)Nc3nc(-c4ccc(OC(F)F)cc4)cs3)n2)c(C)c1Cl. The predicted octanol–water partition coefficient (Wildman–Crippen LogP) is 4.83. The van der Waals surface area contributed by atoms with Crippen LogP contribution in [0.5, 0.6) is 5.75 Å². The number of thiazole rings is 1. The van der Waals surface area contributed by atoms with Crippen molar-refractivity contribution in [2.45, 2.75) is 27.1 Å². The molecule has 0 saturated heterocycles. The maximum Gasteiger partial charge on any atom is 0.387 e. The zero-order valence-electron chi connectivity index (χ0n) is 16.9. The number of amides is 1. The minimum Gasteiger partial charge on any atom is -0.435 e. The molecule has 12 heteroatoms. The van der Waals surface area contributed by atoms with E-state index in [1.807, 2.05) is 13.8 Å². The number of halogens is 3. The average Bonchev–Trinajstić information content (AvgIpc) is 3.46. The molecule has 0 aliphatic rings. The highest BCUT2D eigenvalue weighted by Crippen LogP contribution is 2.27. The quantitative estimate of drug-likeness (QED) is 0.411. The largest absolute Gasteiger partial charge is 0.435 e. The number of hydrogen-bond acceptors (Lipinski definition) is 6. The summed E-state index contributed by atoms with van der Waals surface area (Å²) in [6.07, 6.45) is 1.68. The Bertz CT molecular complexity index is 1250. The predicted molar refractivity (Wildman–Crippen MR) is 116 cm³/mol. The molecule has 8 nitrogen and oxygen atoms in total. The Kier molecular flexibility index (Phi) is 6.19. The number of aromatic nitrogens is 5. The lowest BCUT2D eigenvalue weighted by molar-refractivity contribution is -0.0498. The second-order valence-corrected chi connectivity index (χ2v) is 8.00. The van der Waals surface area contributed by atoms with E-state index in [0.717, 1.165) is 11.4 Å². The zero-order valence-corrected chi connectivity index (χ0v) is 18.5. The Labute approximate surface area is 190 Å². The normalized spacial score (nSPS) is 11.2. The molecule has 166 valence electrons. The van der Waals surface area contributed by atoms with Gasteiger partial charge in [0.05, 0.1) is 22.1 Å². The molecule has 1 aromatic carbocycles. The van der Waals surface area contributed by atoms with Gasteiger partial charge in [-0.15, -0.1) is 11.3 Å². The maximum atomic E-state index is 12.5. The lowest BCUT2D eigenvalue weighted by atomic mass is 10.2. The molecule has 0 atom stereocenters. The van der Waals surface area contributed by atoms with Crippen molar-refractivity contribution in [2.24, 2.45) is 0 Å². The van der Waals surface area contributed by atoms with E-state index in [-0.39, 0.29) is 11.4 Å². The monoisotopic (exact) mass is 478 g/mol. The van der Waals surface area contributed by atoms with E-state index in [2.05, 4.69) is 25.2 Å². The van der Waals surface area contributed by atoms with E-state index in [1.54, 1.807) is 39.1 Å². The lowest BCUT2D eigenvalue weighted by Gasteiger charge is -2.04. The number of nitrogens with one attached hydrogen (secondary N) is 1. The Hall–Kier alpha value is -3.31. The molecular weight excluding hydrogens is 462 g/mol. The smallest absolute Gasteiger partial charge is 0.387 e. The highest BCUT2D eigenvalue weighted by atomic mass is 35.5. The van der Waals surface area contributed by atoms with Crippen LogP contribution in [0.4, 0.5) is 13.9 Å². The number of rotatable bonds is 7. The van der Waals surface area contributed by atoms with Crippen molar-refractivity contribution in [3.8, 4) is 17.0 Å². The van der Waals surface area contributed by atoms with Gasteiger partial charge in [0.1, 0.15) is 12.4 Å². The summed E-state index contributed by atoms with van der Waals surface area (Å²) >= 11 is 7.41. The van der Waals surface area contributed by atoms with Crippen LogP contribution in [-0.4, -0.2) is 37.1 Å². The van der Waals surface area contributed by atoms with Crippen molar-refractivity contribution in [1.29, 1.82) is 0 Å². The number of hydrogen-bond donors (Lipinski definition) is 1. The second-order valence-electron chi connectivity index (χ2n) is 6.76. The summed E-state index contributed by atoms with van der Waals surface area (Å²) in [6.45, 7) is 1.12. The molecule has 4 aromatic rings. The Morgan fingerprint density at radius 3 is 2.62 bits per heavy atom. The molecule has 0 spiro atoms. The van der Waals surface area contributed by atoms with Crippen molar-refractivity contribution < 1.29 is 18.3 Å². The first-order valence-electron chi connectivity index (χ1n) is 9.35. The molecule has 1 N–H and O–H groups in total. The third kappa shape index (κ3) is 4.78. The van der Waals surface area contributed by atoms with Crippen molar-refractivity contribution >= 4 is 34.0 Å². The molecule has 0 aliphatic carbocycles. The van der Waals surface area contributed by atoms with Gasteiger partial charge in [-0.2, -0.15) is 19.0 Å². The standard InChI is InChI=1S/C20H17ClF2N6O2S/c1-11-17(21)12(2)29(26-11)10-28-8-7-15(27-28)18(30)25-20-24-16(9-32-20)13-3-5-14(6-4-13)31-19(22)23/h3-9,19H,10H2,1-2H3,(H,24,25,30). The number of carbonyl (C=O) groups is 1. The summed E-state index contributed by atoms with van der Waals surface area (Å²) in [5.41, 5.74) is 3.07. The Morgan fingerprint density at radius 1 is 1.22 bits per heavy atom. The molecule has 1 amide bonds. The van der Waals surface area contributed by atoms with Gasteiger partial charge in [-0.1, -0.05) is 11.6 Å². The lowest BCUT2D eigenvalue weighted by Crippen LogP contribution is -2.15. The summed E-state index contributed by atoms with van der Waals surface area (Å²) in [4.78, 5) is 16.9. The van der Waals surface area contributed by atoms with Gasteiger partial charge in [0, 0.05) is 17.1 Å². The molecule has 32 heavy (non-hydrogen) atoms. The van der Waals surface area contributed by atoms with Crippen LogP contribution in [0, 0.1) is 13.8 Å². The van der Waals surface area contributed by atoms with Gasteiger partial charge in [0.15, 0.2) is 10.8 Å². The van der Waals surface area contributed by atoms with Crippen LogP contribution in [0.2, 0.25) is 5.02 Å². The fourth-order valence-corrected chi connectivity index (χ4v) is 3.79. The Balaban J connectivity index is 1.40. The molecule has 3 aromatic heterocycles. The van der Waals surface area contributed by atoms with Gasteiger partial charge in [-0.05, 0) is 44.2 Å². The number of carbonyl (C=O) groups excluding carboxylic acids is 1. The topological polar surface area (TPSA) is 86.9 Å². The summed E-state index contributed by atoms with van der Waals surface area (Å²) in [7, 11) is 0. The highest BCUT2D eigenvalue weighted by molar-refractivity contribution is 7.14. The van der Waals surface area contributed by atoms with E-state index in [4.69, 9.17) is 11.6 Å². The number of anilines is 1. The molecule has 3 heterocycles. The van der Waals surface area contributed by atoms with Crippen LogP contribution in [0.25, 0.3) is 11.3 Å². The number of benzene rings is 1. The van der Waals surface area contributed by atoms with Crippen molar-refractivity contribution in [1.82, 2.24) is 24.5 Å².